The lowest BCUT2D eigenvalue weighted by Crippen LogP contribution is -2.43. The maximum absolute atomic E-state index is 12.4. The molecule has 138 valence electrons. The van der Waals surface area contributed by atoms with E-state index in [0.717, 1.165) is 24.1 Å². The number of nitrogens with one attached hydrogen (secondary N) is 2. The van der Waals surface area contributed by atoms with E-state index in [1.165, 1.54) is 5.56 Å². The van der Waals surface area contributed by atoms with Crippen LogP contribution in [0.15, 0.2) is 30.3 Å². The van der Waals surface area contributed by atoms with Crippen molar-refractivity contribution in [3.63, 3.8) is 0 Å². The summed E-state index contributed by atoms with van der Waals surface area (Å²) in [5.74, 6) is -0.449. The normalized spacial score (nSPS) is 13.2. The lowest BCUT2D eigenvalue weighted by molar-refractivity contribution is 0.0516. The summed E-state index contributed by atoms with van der Waals surface area (Å²) in [6.07, 6.45) is 2.47. The smallest absolute Gasteiger partial charge is 0.359 e. The van der Waals surface area contributed by atoms with Gasteiger partial charge in [0.25, 0.3) is 0 Å². The molecule has 1 aromatic heterocycles. The van der Waals surface area contributed by atoms with Gasteiger partial charge >= 0.3 is 12.0 Å². The van der Waals surface area contributed by atoms with E-state index in [0.29, 0.717) is 32.7 Å². The molecule has 0 bridgehead atoms. The highest BCUT2D eigenvalue weighted by molar-refractivity contribution is 5.89. The Balaban J connectivity index is 1.50. The number of aromatic nitrogens is 2. The fourth-order valence-electron chi connectivity index (χ4n) is 3.08. The molecule has 0 saturated heterocycles. The Morgan fingerprint density at radius 3 is 2.88 bits per heavy atom. The molecule has 7 nitrogen and oxygen atoms in total. The highest BCUT2D eigenvalue weighted by Crippen LogP contribution is 2.21. The zero-order valence-electron chi connectivity index (χ0n) is 15.0. The van der Waals surface area contributed by atoms with Gasteiger partial charge in [-0.15, -0.1) is 0 Å². The Kier molecular flexibility index (Phi) is 5.88. The minimum atomic E-state index is -0.449. The van der Waals surface area contributed by atoms with Gasteiger partial charge in [0.15, 0.2) is 5.69 Å². The molecule has 0 spiro atoms. The molecule has 0 radical (unpaired) electrons. The molecule has 0 fully saturated rings. The van der Waals surface area contributed by atoms with E-state index in [9.17, 15) is 9.59 Å². The second-order valence-corrected chi connectivity index (χ2v) is 6.24. The first-order valence-electron chi connectivity index (χ1n) is 8.99. The third kappa shape index (κ3) is 4.22. The number of amides is 2. The zero-order valence-corrected chi connectivity index (χ0v) is 15.0. The molecular formula is C19H24N4O3. The van der Waals surface area contributed by atoms with E-state index >= 15 is 0 Å². The van der Waals surface area contributed by atoms with Gasteiger partial charge in [0, 0.05) is 30.8 Å². The standard InChI is InChI=1S/C19H24N4O3/c1-2-26-18(24)17-15-13-23(12-10-16(15)21-22-17)19(25)20-11-6-9-14-7-4-3-5-8-14/h3-5,7-8H,2,6,9-13H2,1H3,(H,20,25)(H,21,22). The van der Waals surface area contributed by atoms with Crippen LogP contribution in [-0.2, 0) is 24.1 Å². The fraction of sp³-hybridized carbons (Fsp3) is 0.421. The number of carbonyl (C=O) groups excluding carboxylic acids is 2. The molecular weight excluding hydrogens is 332 g/mol. The summed E-state index contributed by atoms with van der Waals surface area (Å²) in [6, 6.07) is 10.1. The van der Waals surface area contributed by atoms with Crippen LogP contribution in [0.25, 0.3) is 0 Å². The van der Waals surface area contributed by atoms with Crippen LogP contribution in [0.4, 0.5) is 4.79 Å². The Morgan fingerprint density at radius 2 is 2.12 bits per heavy atom. The molecule has 0 saturated carbocycles. The number of esters is 1. The van der Waals surface area contributed by atoms with Crippen molar-refractivity contribution in [2.45, 2.75) is 32.7 Å². The van der Waals surface area contributed by atoms with Gasteiger partial charge < -0.3 is 15.0 Å². The summed E-state index contributed by atoms with van der Waals surface area (Å²) in [6.45, 7) is 3.64. The first kappa shape index (κ1) is 18.0. The first-order chi connectivity index (χ1) is 12.7. The maximum Gasteiger partial charge on any atom is 0.359 e. The maximum atomic E-state index is 12.4. The molecule has 0 aliphatic carbocycles. The Bertz CT molecular complexity index is 757. The van der Waals surface area contributed by atoms with Crippen LogP contribution in [0.3, 0.4) is 0 Å². The number of aryl methyl sites for hydroxylation is 1. The van der Waals surface area contributed by atoms with Gasteiger partial charge in [0.1, 0.15) is 0 Å². The summed E-state index contributed by atoms with van der Waals surface area (Å²) < 4.78 is 5.03. The minimum absolute atomic E-state index is 0.111. The van der Waals surface area contributed by atoms with Crippen molar-refractivity contribution in [3.05, 3.63) is 52.8 Å². The number of ether oxygens (including phenoxy) is 1. The average Bonchev–Trinajstić information content (AvgIpc) is 3.09. The number of nitrogens with zero attached hydrogens (tertiary/aromatic N) is 2. The largest absolute Gasteiger partial charge is 0.461 e. The predicted octanol–water partition coefficient (Wildman–Crippen LogP) is 2.29. The fourth-order valence-corrected chi connectivity index (χ4v) is 3.08. The number of urea groups is 1. The SMILES string of the molecule is CCOC(=O)c1n[nH]c2c1CN(C(=O)NCCCc1ccccc1)CC2. The number of rotatable bonds is 6. The lowest BCUT2D eigenvalue weighted by atomic mass is 10.1. The van der Waals surface area contributed by atoms with Crippen LogP contribution in [0.1, 0.15) is 40.7 Å². The Morgan fingerprint density at radius 1 is 1.31 bits per heavy atom. The molecule has 1 aliphatic rings. The van der Waals surface area contributed by atoms with Gasteiger partial charge in [-0.25, -0.2) is 9.59 Å². The monoisotopic (exact) mass is 356 g/mol. The number of hydrogen-bond acceptors (Lipinski definition) is 4. The van der Waals surface area contributed by atoms with Crippen LogP contribution in [0.2, 0.25) is 0 Å². The summed E-state index contributed by atoms with van der Waals surface area (Å²) in [7, 11) is 0. The molecule has 2 amide bonds. The van der Waals surface area contributed by atoms with Crippen LogP contribution in [-0.4, -0.2) is 46.8 Å². The first-order valence-corrected chi connectivity index (χ1v) is 8.99. The van der Waals surface area contributed by atoms with Gasteiger partial charge in [-0.2, -0.15) is 5.10 Å². The topological polar surface area (TPSA) is 87.3 Å². The van der Waals surface area contributed by atoms with E-state index < -0.39 is 5.97 Å². The van der Waals surface area contributed by atoms with Gasteiger partial charge in [0.05, 0.1) is 13.2 Å². The van der Waals surface area contributed by atoms with Gasteiger partial charge in [-0.3, -0.25) is 5.10 Å². The van der Waals surface area contributed by atoms with Gasteiger partial charge in [-0.1, -0.05) is 30.3 Å². The van der Waals surface area contributed by atoms with Gasteiger partial charge in [-0.05, 0) is 25.3 Å². The van der Waals surface area contributed by atoms with Crippen molar-refractivity contribution in [2.75, 3.05) is 19.7 Å². The Labute approximate surface area is 152 Å². The number of aromatic amines is 1. The van der Waals surface area contributed by atoms with E-state index in [-0.39, 0.29) is 11.7 Å². The molecule has 0 unspecified atom stereocenters. The molecule has 0 atom stereocenters. The van der Waals surface area contributed by atoms with Crippen molar-refractivity contribution in [1.82, 2.24) is 20.4 Å². The summed E-state index contributed by atoms with van der Waals surface area (Å²) in [4.78, 5) is 26.1. The number of carbonyl (C=O) groups is 2. The number of H-pyrrole nitrogens is 1. The second kappa shape index (κ2) is 8.51. The zero-order chi connectivity index (χ0) is 18.4. The minimum Gasteiger partial charge on any atom is -0.461 e. The van der Waals surface area contributed by atoms with Crippen molar-refractivity contribution >= 4 is 12.0 Å². The quantitative estimate of drug-likeness (QED) is 0.614. The van der Waals surface area contributed by atoms with E-state index in [1.54, 1.807) is 11.8 Å². The van der Waals surface area contributed by atoms with E-state index in [1.807, 2.05) is 18.2 Å². The van der Waals surface area contributed by atoms with Crippen LogP contribution in [0.5, 0.6) is 0 Å². The Hall–Kier alpha value is -2.83. The molecule has 2 N–H and O–H groups in total. The number of hydrogen-bond donors (Lipinski definition) is 2. The van der Waals surface area contributed by atoms with Crippen molar-refractivity contribution in [1.29, 1.82) is 0 Å². The van der Waals surface area contributed by atoms with E-state index in [4.69, 9.17) is 4.74 Å². The highest BCUT2D eigenvalue weighted by Gasteiger charge is 2.28. The highest BCUT2D eigenvalue weighted by atomic mass is 16.5. The molecule has 7 heteroatoms. The predicted molar refractivity (Wildman–Crippen MR) is 96.8 cm³/mol. The second-order valence-electron chi connectivity index (χ2n) is 6.24. The van der Waals surface area contributed by atoms with Crippen LogP contribution >= 0.6 is 0 Å². The molecule has 1 aliphatic heterocycles. The third-order valence-electron chi connectivity index (χ3n) is 4.45. The van der Waals surface area contributed by atoms with Crippen LogP contribution in [0, 0.1) is 0 Å². The molecule has 26 heavy (non-hydrogen) atoms. The molecule has 1 aromatic carbocycles. The number of benzene rings is 1. The summed E-state index contributed by atoms with van der Waals surface area (Å²) >= 11 is 0. The van der Waals surface area contributed by atoms with E-state index in [2.05, 4.69) is 27.6 Å². The summed E-state index contributed by atoms with van der Waals surface area (Å²) in [5, 5.41) is 9.91. The van der Waals surface area contributed by atoms with Crippen molar-refractivity contribution in [3.8, 4) is 0 Å². The van der Waals surface area contributed by atoms with Crippen LogP contribution < -0.4 is 5.32 Å². The molecule has 3 rings (SSSR count). The molecule has 2 heterocycles. The van der Waals surface area contributed by atoms with Crippen molar-refractivity contribution < 1.29 is 14.3 Å². The molecule has 2 aromatic rings. The lowest BCUT2D eigenvalue weighted by Gasteiger charge is -2.27. The number of fused-ring (bicyclic) bond motifs is 1. The average molecular weight is 356 g/mol. The van der Waals surface area contributed by atoms with Gasteiger partial charge in [0.2, 0.25) is 0 Å². The summed E-state index contributed by atoms with van der Waals surface area (Å²) in [5.41, 5.74) is 3.21. The van der Waals surface area contributed by atoms with Crippen molar-refractivity contribution in [2.24, 2.45) is 0 Å². The third-order valence-corrected chi connectivity index (χ3v) is 4.45.